The number of carbonyl (C=O) groups is 4. The highest BCUT2D eigenvalue weighted by atomic mass is 31.2. The van der Waals surface area contributed by atoms with E-state index in [9.17, 15) is 43.2 Å². The SMILES string of the molecule is CCCCCCCCCCCCCCCCCC(=O)OC[C@H](COP(=O)(O)OC[C@@H](O)COP(=O)(O)OC[C@@H](COC(=O)CCCCCCCCC)OC(=O)CCCCCCCCC)OC(=O)CCCCCCCCCCCCCCCCCCCCC(C)CC. The average Bonchev–Trinajstić information content (AvgIpc) is 3.40. The molecule has 540 valence electrons. The van der Waals surface area contributed by atoms with Gasteiger partial charge < -0.3 is 33.8 Å². The van der Waals surface area contributed by atoms with Gasteiger partial charge in [0.05, 0.1) is 26.4 Å². The zero-order valence-electron chi connectivity index (χ0n) is 59.0. The molecule has 3 N–H and O–H groups in total. The van der Waals surface area contributed by atoms with Crippen LogP contribution in [0.1, 0.15) is 375 Å². The Bertz CT molecular complexity index is 1760. The fourth-order valence-corrected chi connectivity index (χ4v) is 12.5. The first kappa shape index (κ1) is 89.1. The summed E-state index contributed by atoms with van der Waals surface area (Å²) < 4.78 is 68.1. The maximum Gasteiger partial charge on any atom is 0.472 e. The first-order valence-electron chi connectivity index (χ1n) is 37.7. The number of hydrogen-bond acceptors (Lipinski definition) is 15. The predicted molar refractivity (Wildman–Crippen MR) is 368 cm³/mol. The highest BCUT2D eigenvalue weighted by Gasteiger charge is 2.30. The Kier molecular flexibility index (Phi) is 64.0. The number of phosphoric ester groups is 2. The quantitative estimate of drug-likeness (QED) is 0.0222. The summed E-state index contributed by atoms with van der Waals surface area (Å²) >= 11 is 0. The highest BCUT2D eigenvalue weighted by molar-refractivity contribution is 7.47. The molecule has 0 saturated heterocycles. The number of unbranched alkanes of at least 4 members (excludes halogenated alkanes) is 43. The second-order valence-electron chi connectivity index (χ2n) is 26.2. The molecule has 0 fully saturated rings. The van der Waals surface area contributed by atoms with Crippen LogP contribution in [-0.2, 0) is 65.4 Å². The molecule has 0 amide bonds. The summed E-state index contributed by atoms with van der Waals surface area (Å²) in [5.74, 6) is -1.26. The van der Waals surface area contributed by atoms with Crippen molar-refractivity contribution in [2.45, 2.75) is 393 Å². The van der Waals surface area contributed by atoms with Crippen molar-refractivity contribution in [3.8, 4) is 0 Å². The molecule has 0 aromatic heterocycles. The molecule has 0 heterocycles. The van der Waals surface area contributed by atoms with Crippen LogP contribution in [0.5, 0.6) is 0 Å². The molecule has 6 atom stereocenters. The lowest BCUT2D eigenvalue weighted by Gasteiger charge is -2.21. The summed E-state index contributed by atoms with van der Waals surface area (Å²) in [6, 6.07) is 0. The third-order valence-corrected chi connectivity index (χ3v) is 19.0. The lowest BCUT2D eigenvalue weighted by atomic mass is 9.99. The summed E-state index contributed by atoms with van der Waals surface area (Å²) in [6.45, 7) is 7.24. The van der Waals surface area contributed by atoms with Crippen molar-refractivity contribution >= 4 is 39.5 Å². The minimum atomic E-state index is -4.95. The molecule has 91 heavy (non-hydrogen) atoms. The van der Waals surface area contributed by atoms with Gasteiger partial charge in [-0.15, -0.1) is 0 Å². The van der Waals surface area contributed by atoms with E-state index in [0.29, 0.717) is 25.7 Å². The Labute approximate surface area is 556 Å². The summed E-state index contributed by atoms with van der Waals surface area (Å²) in [4.78, 5) is 72.3. The summed E-state index contributed by atoms with van der Waals surface area (Å²) in [5.41, 5.74) is 0. The van der Waals surface area contributed by atoms with Gasteiger partial charge in [-0.05, 0) is 31.6 Å². The molecule has 0 rings (SSSR count). The van der Waals surface area contributed by atoms with Crippen molar-refractivity contribution in [2.75, 3.05) is 39.6 Å². The molecule has 0 aliphatic carbocycles. The van der Waals surface area contributed by atoms with E-state index in [4.69, 9.17) is 37.0 Å². The number of hydrogen-bond donors (Lipinski definition) is 3. The van der Waals surface area contributed by atoms with E-state index in [1.807, 2.05) is 0 Å². The number of ether oxygens (including phenoxy) is 4. The minimum Gasteiger partial charge on any atom is -0.462 e. The van der Waals surface area contributed by atoms with E-state index in [2.05, 4.69) is 34.6 Å². The molecule has 0 aromatic carbocycles. The third-order valence-electron chi connectivity index (χ3n) is 17.1. The van der Waals surface area contributed by atoms with Crippen LogP contribution in [0.2, 0.25) is 0 Å². The summed E-state index contributed by atoms with van der Waals surface area (Å²) in [6.07, 6.45) is 53.1. The smallest absolute Gasteiger partial charge is 0.462 e. The number of carbonyl (C=O) groups excluding carboxylic acids is 4. The molecule has 0 aliphatic rings. The van der Waals surface area contributed by atoms with E-state index in [0.717, 1.165) is 121 Å². The van der Waals surface area contributed by atoms with E-state index >= 15 is 0 Å². The van der Waals surface area contributed by atoms with Crippen LogP contribution in [-0.4, -0.2) is 96.7 Å². The average molecular weight is 1340 g/mol. The maximum atomic E-state index is 13.1. The van der Waals surface area contributed by atoms with E-state index in [-0.39, 0.29) is 25.7 Å². The van der Waals surface area contributed by atoms with Crippen LogP contribution in [0, 0.1) is 5.92 Å². The Morgan fingerprint density at radius 2 is 0.527 bits per heavy atom. The van der Waals surface area contributed by atoms with Crippen molar-refractivity contribution < 1.29 is 80.2 Å². The van der Waals surface area contributed by atoms with Gasteiger partial charge in [0, 0.05) is 25.7 Å². The van der Waals surface area contributed by atoms with Crippen LogP contribution in [0.3, 0.4) is 0 Å². The number of rotatable bonds is 72. The second-order valence-corrected chi connectivity index (χ2v) is 29.1. The van der Waals surface area contributed by atoms with Crippen LogP contribution in [0.25, 0.3) is 0 Å². The molecular formula is C72H140O17P2. The van der Waals surface area contributed by atoms with Gasteiger partial charge in [-0.1, -0.05) is 324 Å². The Hall–Kier alpha value is -1.94. The van der Waals surface area contributed by atoms with Gasteiger partial charge in [-0.25, -0.2) is 9.13 Å². The molecule has 0 aliphatic heterocycles. The van der Waals surface area contributed by atoms with Crippen molar-refractivity contribution in [1.29, 1.82) is 0 Å². The number of esters is 4. The first-order chi connectivity index (χ1) is 44.1. The number of aliphatic hydroxyl groups is 1. The Morgan fingerprint density at radius 1 is 0.308 bits per heavy atom. The molecule has 3 unspecified atom stereocenters. The molecular weight excluding hydrogens is 1200 g/mol. The molecule has 0 spiro atoms. The molecule has 0 bridgehead atoms. The van der Waals surface area contributed by atoms with Gasteiger partial charge in [0.25, 0.3) is 0 Å². The topological polar surface area (TPSA) is 237 Å². The third kappa shape index (κ3) is 65.1. The number of aliphatic hydroxyl groups excluding tert-OH is 1. The van der Waals surface area contributed by atoms with Crippen molar-refractivity contribution in [3.63, 3.8) is 0 Å². The predicted octanol–water partition coefficient (Wildman–Crippen LogP) is 20.9. The van der Waals surface area contributed by atoms with E-state index in [1.165, 1.54) is 173 Å². The zero-order valence-corrected chi connectivity index (χ0v) is 60.8. The van der Waals surface area contributed by atoms with Gasteiger partial charge in [-0.2, -0.15) is 0 Å². The van der Waals surface area contributed by atoms with Crippen molar-refractivity contribution in [1.82, 2.24) is 0 Å². The zero-order chi connectivity index (χ0) is 67.0. The molecule has 0 aromatic rings. The molecule has 19 heteroatoms. The normalized spacial score (nSPS) is 14.3. The van der Waals surface area contributed by atoms with E-state index < -0.39 is 97.5 Å². The largest absolute Gasteiger partial charge is 0.472 e. The lowest BCUT2D eigenvalue weighted by Crippen LogP contribution is -2.30. The fourth-order valence-electron chi connectivity index (χ4n) is 11.0. The van der Waals surface area contributed by atoms with Crippen LogP contribution in [0.4, 0.5) is 0 Å². The Balaban J connectivity index is 5.10. The van der Waals surface area contributed by atoms with Gasteiger partial charge >= 0.3 is 39.5 Å². The number of phosphoric acid groups is 2. The lowest BCUT2D eigenvalue weighted by molar-refractivity contribution is -0.161. The van der Waals surface area contributed by atoms with Crippen LogP contribution < -0.4 is 0 Å². The first-order valence-corrected chi connectivity index (χ1v) is 40.7. The van der Waals surface area contributed by atoms with Crippen molar-refractivity contribution in [3.05, 3.63) is 0 Å². The molecule has 0 radical (unpaired) electrons. The summed E-state index contributed by atoms with van der Waals surface area (Å²) in [7, 11) is -9.89. The molecule has 0 saturated carbocycles. The van der Waals surface area contributed by atoms with Gasteiger partial charge in [-0.3, -0.25) is 37.3 Å². The highest BCUT2D eigenvalue weighted by Crippen LogP contribution is 2.45. The monoisotopic (exact) mass is 1340 g/mol. The van der Waals surface area contributed by atoms with Crippen LogP contribution in [0.15, 0.2) is 0 Å². The summed E-state index contributed by atoms with van der Waals surface area (Å²) in [5, 5.41) is 10.6. The van der Waals surface area contributed by atoms with E-state index in [1.54, 1.807) is 0 Å². The van der Waals surface area contributed by atoms with Crippen LogP contribution >= 0.6 is 15.6 Å². The molecule has 17 nitrogen and oxygen atoms in total. The van der Waals surface area contributed by atoms with Gasteiger partial charge in [0.15, 0.2) is 12.2 Å². The standard InChI is InChI=1S/C72H140O17P2/c1-6-10-13-16-19-20-21-22-27-31-34-37-42-46-51-56-70(75)83-62-68(89-72(77)58-53-48-43-38-35-32-29-26-24-23-25-28-30-33-36-41-44-49-54-65(5)9-4)64-87-91(80,81)85-60-66(73)59-84-90(78,79)86-63-67(88-71(76)57-52-47-40-18-15-12-8-3)61-82-69(74)55-50-45-39-17-14-11-7-2/h65-68,73H,6-64H2,1-5H3,(H,78,79)(H,80,81)/t65?,66-,67+,68+/m0/s1. The second kappa shape index (κ2) is 65.4. The van der Waals surface area contributed by atoms with Gasteiger partial charge in [0.2, 0.25) is 0 Å². The minimum absolute atomic E-state index is 0.104. The fraction of sp³-hybridized carbons (Fsp3) is 0.944. The van der Waals surface area contributed by atoms with Crippen molar-refractivity contribution in [2.24, 2.45) is 5.92 Å². The maximum absolute atomic E-state index is 13.1. The Morgan fingerprint density at radius 3 is 0.780 bits per heavy atom. The van der Waals surface area contributed by atoms with Gasteiger partial charge in [0.1, 0.15) is 19.3 Å².